The molecule has 1 heterocycles. The van der Waals surface area contributed by atoms with E-state index in [-0.39, 0.29) is 6.10 Å². The van der Waals surface area contributed by atoms with Crippen molar-refractivity contribution in [2.45, 2.75) is 45.8 Å². The van der Waals surface area contributed by atoms with Crippen LogP contribution in [-0.4, -0.2) is 15.7 Å². The predicted octanol–water partition coefficient (Wildman–Crippen LogP) is 4.46. The summed E-state index contributed by atoms with van der Waals surface area (Å²) >= 11 is 5.49. The number of aromatic amines is 1. The Balaban J connectivity index is 2.09. The molecule has 1 saturated carbocycles. The summed E-state index contributed by atoms with van der Waals surface area (Å²) in [6.45, 7) is 6.37. The lowest BCUT2D eigenvalue weighted by Crippen LogP contribution is -2.24. The third-order valence-corrected chi connectivity index (χ3v) is 4.09. The maximum Gasteiger partial charge on any atom is 0.178 e. The Labute approximate surface area is 118 Å². The Hall–Kier alpha value is -1.29. The zero-order valence-electron chi connectivity index (χ0n) is 11.6. The van der Waals surface area contributed by atoms with Gasteiger partial charge in [0.15, 0.2) is 4.77 Å². The van der Waals surface area contributed by atoms with Gasteiger partial charge in [-0.15, -0.1) is 0 Å². The fraction of sp³-hybridized carbons (Fsp3) is 0.533. The van der Waals surface area contributed by atoms with Crippen molar-refractivity contribution in [3.63, 3.8) is 0 Å². The maximum atomic E-state index is 5.86. The first-order valence-electron chi connectivity index (χ1n) is 6.96. The van der Waals surface area contributed by atoms with E-state index in [4.69, 9.17) is 17.0 Å². The van der Waals surface area contributed by atoms with Crippen LogP contribution in [0, 0.1) is 10.7 Å². The van der Waals surface area contributed by atoms with Crippen molar-refractivity contribution >= 4 is 23.3 Å². The van der Waals surface area contributed by atoms with Crippen LogP contribution in [0.5, 0.6) is 5.75 Å². The van der Waals surface area contributed by atoms with Crippen LogP contribution in [0.1, 0.15) is 39.7 Å². The summed E-state index contributed by atoms with van der Waals surface area (Å²) in [5, 5.41) is 0. The standard InChI is InChI=1S/C15H20N2OS/c1-9(2)18-13-6-4-5-12-14(13)16-15(19)17(12)11-7-10(3)8-11/h4-6,9-11H,7-8H2,1-3H3,(H,16,19). The average Bonchev–Trinajstić information content (AvgIpc) is 2.62. The van der Waals surface area contributed by atoms with Crippen molar-refractivity contribution in [2.75, 3.05) is 0 Å². The molecule has 1 fully saturated rings. The summed E-state index contributed by atoms with van der Waals surface area (Å²) in [6, 6.07) is 6.71. The van der Waals surface area contributed by atoms with Crippen LogP contribution in [0.15, 0.2) is 18.2 Å². The second-order valence-corrected chi connectivity index (χ2v) is 6.23. The number of ether oxygens (including phenoxy) is 1. The number of imidazole rings is 1. The van der Waals surface area contributed by atoms with Crippen LogP contribution in [0.25, 0.3) is 11.0 Å². The number of hydrogen-bond acceptors (Lipinski definition) is 2. The SMILES string of the molecule is CC1CC(n2c(=S)[nH]c3c(OC(C)C)cccc32)C1. The number of benzene rings is 1. The van der Waals surface area contributed by atoms with Gasteiger partial charge in [0.2, 0.25) is 0 Å². The molecular weight excluding hydrogens is 256 g/mol. The summed E-state index contributed by atoms with van der Waals surface area (Å²) in [7, 11) is 0. The molecule has 1 aliphatic carbocycles. The first-order valence-corrected chi connectivity index (χ1v) is 7.37. The summed E-state index contributed by atoms with van der Waals surface area (Å²) in [6.07, 6.45) is 2.60. The zero-order chi connectivity index (χ0) is 13.6. The Bertz CT molecular complexity index is 650. The van der Waals surface area contributed by atoms with Crippen LogP contribution < -0.4 is 4.74 Å². The lowest BCUT2D eigenvalue weighted by Gasteiger charge is -2.34. The van der Waals surface area contributed by atoms with Gasteiger partial charge in [0.25, 0.3) is 0 Å². The zero-order valence-corrected chi connectivity index (χ0v) is 12.5. The summed E-state index contributed by atoms with van der Waals surface area (Å²) in [4.78, 5) is 3.32. The molecule has 3 nitrogen and oxygen atoms in total. The fourth-order valence-corrected chi connectivity index (χ4v) is 3.26. The van der Waals surface area contributed by atoms with E-state index in [2.05, 4.69) is 22.5 Å². The molecule has 0 spiro atoms. The number of nitrogens with one attached hydrogen (secondary N) is 1. The van der Waals surface area contributed by atoms with Crippen molar-refractivity contribution in [3.8, 4) is 5.75 Å². The van der Waals surface area contributed by atoms with E-state index in [0.717, 1.165) is 22.0 Å². The highest BCUT2D eigenvalue weighted by Gasteiger charge is 2.28. The molecule has 0 unspecified atom stereocenters. The summed E-state index contributed by atoms with van der Waals surface area (Å²) < 4.78 is 8.93. The quantitative estimate of drug-likeness (QED) is 0.839. The van der Waals surface area contributed by atoms with Crippen LogP contribution in [0.3, 0.4) is 0 Å². The number of hydrogen-bond donors (Lipinski definition) is 1. The van der Waals surface area contributed by atoms with Crippen LogP contribution in [-0.2, 0) is 0 Å². The number of fused-ring (bicyclic) bond motifs is 1. The molecule has 0 amide bonds. The van der Waals surface area contributed by atoms with Gasteiger partial charge < -0.3 is 14.3 Å². The predicted molar refractivity (Wildman–Crippen MR) is 80.3 cm³/mol. The molecule has 19 heavy (non-hydrogen) atoms. The summed E-state index contributed by atoms with van der Waals surface area (Å²) in [5.41, 5.74) is 2.20. The number of aromatic nitrogens is 2. The van der Waals surface area contributed by atoms with Crippen molar-refractivity contribution in [3.05, 3.63) is 23.0 Å². The second-order valence-electron chi connectivity index (χ2n) is 5.85. The van der Waals surface area contributed by atoms with Gasteiger partial charge in [-0.1, -0.05) is 13.0 Å². The van der Waals surface area contributed by atoms with E-state index >= 15 is 0 Å². The van der Waals surface area contributed by atoms with Crippen LogP contribution >= 0.6 is 12.2 Å². The van der Waals surface area contributed by atoms with Gasteiger partial charge in [-0.2, -0.15) is 0 Å². The molecule has 1 aromatic carbocycles. The smallest absolute Gasteiger partial charge is 0.178 e. The Morgan fingerprint density at radius 1 is 1.37 bits per heavy atom. The molecule has 4 heteroatoms. The lowest BCUT2D eigenvalue weighted by molar-refractivity contribution is 0.219. The van der Waals surface area contributed by atoms with Gasteiger partial charge in [0, 0.05) is 6.04 Å². The number of H-pyrrole nitrogens is 1. The number of nitrogens with zero attached hydrogens (tertiary/aromatic N) is 1. The normalized spacial score (nSPS) is 22.7. The minimum Gasteiger partial charge on any atom is -0.489 e. The molecule has 1 aromatic heterocycles. The molecule has 3 rings (SSSR count). The number of rotatable bonds is 3. The fourth-order valence-electron chi connectivity index (χ4n) is 2.91. The first-order chi connectivity index (χ1) is 9.06. The van der Waals surface area contributed by atoms with E-state index in [9.17, 15) is 0 Å². The van der Waals surface area contributed by atoms with E-state index in [0.29, 0.717) is 6.04 Å². The highest BCUT2D eigenvalue weighted by molar-refractivity contribution is 7.71. The van der Waals surface area contributed by atoms with E-state index in [1.807, 2.05) is 26.0 Å². The van der Waals surface area contributed by atoms with Gasteiger partial charge in [-0.05, 0) is 57.0 Å². The minimum atomic E-state index is 0.166. The molecule has 0 aliphatic heterocycles. The topological polar surface area (TPSA) is 29.9 Å². The van der Waals surface area contributed by atoms with Gasteiger partial charge in [-0.25, -0.2) is 0 Å². The van der Waals surface area contributed by atoms with Crippen molar-refractivity contribution in [2.24, 2.45) is 5.92 Å². The second kappa shape index (κ2) is 4.67. The van der Waals surface area contributed by atoms with E-state index in [1.54, 1.807) is 0 Å². The van der Waals surface area contributed by atoms with E-state index < -0.39 is 0 Å². The molecule has 0 saturated heterocycles. The highest BCUT2D eigenvalue weighted by atomic mass is 32.1. The van der Waals surface area contributed by atoms with Gasteiger partial charge in [0.05, 0.1) is 11.6 Å². The van der Waals surface area contributed by atoms with Crippen molar-refractivity contribution in [1.82, 2.24) is 9.55 Å². The largest absolute Gasteiger partial charge is 0.489 e. The van der Waals surface area contributed by atoms with Gasteiger partial charge in [-0.3, -0.25) is 0 Å². The summed E-state index contributed by atoms with van der Waals surface area (Å²) in [5.74, 6) is 1.71. The maximum absolute atomic E-state index is 5.86. The molecule has 0 atom stereocenters. The first kappa shape index (κ1) is 12.7. The lowest BCUT2D eigenvalue weighted by atomic mass is 9.81. The Morgan fingerprint density at radius 3 is 2.74 bits per heavy atom. The molecule has 102 valence electrons. The third kappa shape index (κ3) is 2.18. The average molecular weight is 276 g/mol. The van der Waals surface area contributed by atoms with Crippen LogP contribution in [0.2, 0.25) is 0 Å². The van der Waals surface area contributed by atoms with E-state index in [1.165, 1.54) is 18.4 Å². The molecule has 0 bridgehead atoms. The van der Waals surface area contributed by atoms with Crippen molar-refractivity contribution < 1.29 is 4.74 Å². The monoisotopic (exact) mass is 276 g/mol. The molecule has 1 aliphatic rings. The Kier molecular flexibility index (Phi) is 3.13. The number of para-hydroxylation sites is 1. The van der Waals surface area contributed by atoms with Gasteiger partial charge in [0.1, 0.15) is 11.3 Å². The van der Waals surface area contributed by atoms with Crippen LogP contribution in [0.4, 0.5) is 0 Å². The highest BCUT2D eigenvalue weighted by Crippen LogP contribution is 2.40. The third-order valence-electron chi connectivity index (χ3n) is 3.79. The molecule has 2 aromatic rings. The minimum absolute atomic E-state index is 0.166. The molecule has 1 N–H and O–H groups in total. The Morgan fingerprint density at radius 2 is 2.11 bits per heavy atom. The molecule has 0 radical (unpaired) electrons. The van der Waals surface area contributed by atoms with Gasteiger partial charge >= 0.3 is 0 Å². The molecular formula is C15H20N2OS. The van der Waals surface area contributed by atoms with Crippen molar-refractivity contribution in [1.29, 1.82) is 0 Å².